The van der Waals surface area contributed by atoms with Crippen molar-refractivity contribution in [2.45, 2.75) is 19.9 Å². The van der Waals surface area contributed by atoms with Gasteiger partial charge in [-0.3, -0.25) is 9.36 Å². The van der Waals surface area contributed by atoms with Gasteiger partial charge in [-0.05, 0) is 66.3 Å². The second-order valence-corrected chi connectivity index (χ2v) is 9.69. The number of anilines is 2. The van der Waals surface area contributed by atoms with E-state index in [-0.39, 0.29) is 23.6 Å². The monoisotopic (exact) mass is 520 g/mol. The number of fused-ring (bicyclic) bond motifs is 2. The predicted molar refractivity (Wildman–Crippen MR) is 146 cm³/mol. The number of hydrogen-bond donors (Lipinski definition) is 2. The lowest BCUT2D eigenvalue weighted by atomic mass is 10.0. The molecule has 0 aliphatic heterocycles. The average molecular weight is 521 g/mol. The number of nitrogens with two attached hydrogens (primary N) is 1. The molecule has 10 nitrogen and oxygen atoms in total. The summed E-state index contributed by atoms with van der Waals surface area (Å²) >= 11 is 0. The van der Waals surface area contributed by atoms with Gasteiger partial charge in [0.05, 0.1) is 42.8 Å². The Morgan fingerprint density at radius 1 is 1.26 bits per heavy atom. The molecule has 0 bridgehead atoms. The number of hydrogen-bond acceptors (Lipinski definition) is 8. The first-order chi connectivity index (χ1) is 18.8. The number of amides is 1. The van der Waals surface area contributed by atoms with Crippen LogP contribution < -0.4 is 21.5 Å². The van der Waals surface area contributed by atoms with E-state index < -0.39 is 5.76 Å². The number of rotatable bonds is 6. The highest BCUT2D eigenvalue weighted by atomic mass is 16.5. The Kier molecular flexibility index (Phi) is 5.76. The summed E-state index contributed by atoms with van der Waals surface area (Å²) in [6.07, 6.45) is 2.14. The summed E-state index contributed by atoms with van der Waals surface area (Å²) < 4.78 is 12.4. The van der Waals surface area contributed by atoms with Crippen LogP contribution in [0.5, 0.6) is 5.75 Å². The van der Waals surface area contributed by atoms with E-state index in [2.05, 4.69) is 21.4 Å². The fraction of sp³-hybridized carbons (Fsp3) is 0.207. The number of nitrogens with one attached hydrogen (secondary N) is 1. The van der Waals surface area contributed by atoms with E-state index in [1.807, 2.05) is 43.3 Å². The number of nitriles is 1. The number of pyridine rings is 2. The van der Waals surface area contributed by atoms with Crippen molar-refractivity contribution >= 4 is 39.4 Å². The van der Waals surface area contributed by atoms with Crippen LogP contribution >= 0.6 is 0 Å². The van der Waals surface area contributed by atoms with E-state index >= 15 is 0 Å². The zero-order valence-corrected chi connectivity index (χ0v) is 21.3. The lowest BCUT2D eigenvalue weighted by molar-refractivity contribution is -0.117. The molecule has 0 spiro atoms. The molecule has 1 amide bonds. The lowest BCUT2D eigenvalue weighted by Crippen LogP contribution is -2.15. The molecule has 1 aliphatic rings. The van der Waals surface area contributed by atoms with Crippen LogP contribution in [0.4, 0.5) is 11.6 Å². The van der Waals surface area contributed by atoms with Crippen LogP contribution in [0.25, 0.3) is 33.1 Å². The first-order valence-electron chi connectivity index (χ1n) is 12.4. The van der Waals surface area contributed by atoms with Gasteiger partial charge in [-0.25, -0.2) is 14.8 Å². The van der Waals surface area contributed by atoms with E-state index in [4.69, 9.17) is 20.1 Å². The van der Waals surface area contributed by atoms with Gasteiger partial charge in [0.2, 0.25) is 5.91 Å². The van der Waals surface area contributed by atoms with Crippen molar-refractivity contribution in [3.8, 4) is 23.1 Å². The fourth-order valence-corrected chi connectivity index (χ4v) is 4.78. The van der Waals surface area contributed by atoms with Crippen LogP contribution in [-0.2, 0) is 11.3 Å². The molecule has 0 radical (unpaired) electrons. The number of oxazole rings is 1. The molecule has 0 saturated heterocycles. The van der Waals surface area contributed by atoms with Crippen molar-refractivity contribution < 1.29 is 13.9 Å². The zero-order chi connectivity index (χ0) is 27.3. The molecule has 2 aromatic carbocycles. The minimum atomic E-state index is -0.455. The fourth-order valence-electron chi connectivity index (χ4n) is 4.78. The summed E-state index contributed by atoms with van der Waals surface area (Å²) in [6.45, 7) is 2.29. The molecule has 39 heavy (non-hydrogen) atoms. The van der Waals surface area contributed by atoms with Crippen LogP contribution in [0.15, 0.2) is 63.9 Å². The number of benzene rings is 2. The molecule has 3 heterocycles. The maximum Gasteiger partial charge on any atom is 0.420 e. The van der Waals surface area contributed by atoms with Crippen molar-refractivity contribution in [2.75, 3.05) is 18.2 Å². The maximum absolute atomic E-state index is 12.7. The van der Waals surface area contributed by atoms with Gasteiger partial charge in [0.25, 0.3) is 0 Å². The molecule has 5 aromatic rings. The third-order valence-corrected chi connectivity index (χ3v) is 7.08. The first kappa shape index (κ1) is 24.2. The van der Waals surface area contributed by atoms with E-state index in [0.29, 0.717) is 41.0 Å². The molecular formula is C29H24N6O4. The van der Waals surface area contributed by atoms with Crippen LogP contribution in [0.3, 0.4) is 0 Å². The van der Waals surface area contributed by atoms with Crippen molar-refractivity contribution in [3.63, 3.8) is 0 Å². The summed E-state index contributed by atoms with van der Waals surface area (Å²) in [5.74, 6) is 0.202. The van der Waals surface area contributed by atoms with Gasteiger partial charge in [-0.1, -0.05) is 12.1 Å². The average Bonchev–Trinajstić information content (AvgIpc) is 3.67. The summed E-state index contributed by atoms with van der Waals surface area (Å²) in [6, 6.07) is 16.9. The lowest BCUT2D eigenvalue weighted by Gasteiger charge is -2.11. The third kappa shape index (κ3) is 4.44. The summed E-state index contributed by atoms with van der Waals surface area (Å²) in [5.41, 5.74) is 10.6. The number of aryl methyl sites for hydroxylation is 1. The maximum atomic E-state index is 12.7. The number of carbonyl (C=O) groups excluding carboxylic acids is 1. The molecule has 6 rings (SSSR count). The van der Waals surface area contributed by atoms with E-state index in [9.17, 15) is 9.59 Å². The Morgan fingerprint density at radius 2 is 2.05 bits per heavy atom. The van der Waals surface area contributed by atoms with E-state index in [0.717, 1.165) is 27.8 Å². The molecule has 10 heteroatoms. The first-order valence-corrected chi connectivity index (χ1v) is 12.4. The Hall–Kier alpha value is -5.17. The SMILES string of the molecule is COc1ccc(Cn2c(=O)oc3cc(-c4cc5cc(NC(=O)C6CC6C#N)ncc5c(N)n4)c(C)cc32)cc1. The van der Waals surface area contributed by atoms with Gasteiger partial charge in [-0.2, -0.15) is 5.26 Å². The highest BCUT2D eigenvalue weighted by Crippen LogP contribution is 2.38. The summed E-state index contributed by atoms with van der Waals surface area (Å²) in [5, 5.41) is 13.2. The van der Waals surface area contributed by atoms with E-state index in [1.165, 1.54) is 0 Å². The normalized spacial score (nSPS) is 16.2. The summed E-state index contributed by atoms with van der Waals surface area (Å²) in [7, 11) is 1.61. The summed E-state index contributed by atoms with van der Waals surface area (Å²) in [4.78, 5) is 34.0. The number of nitrogen functional groups attached to an aromatic ring is 1. The number of methoxy groups -OCH3 is 1. The molecule has 1 aliphatic carbocycles. The van der Waals surface area contributed by atoms with Crippen LogP contribution in [0.1, 0.15) is 17.5 Å². The molecule has 1 saturated carbocycles. The minimum Gasteiger partial charge on any atom is -0.497 e. The molecule has 2 unspecified atom stereocenters. The van der Waals surface area contributed by atoms with Crippen LogP contribution in [0.2, 0.25) is 0 Å². The Labute approximate surface area is 222 Å². The Morgan fingerprint density at radius 3 is 2.77 bits per heavy atom. The van der Waals surface area contributed by atoms with Gasteiger partial charge in [0.15, 0.2) is 5.58 Å². The number of aromatic nitrogens is 3. The van der Waals surface area contributed by atoms with Crippen molar-refractivity contribution in [1.29, 1.82) is 5.26 Å². The second-order valence-electron chi connectivity index (χ2n) is 9.69. The number of nitrogens with zero attached hydrogens (tertiary/aromatic N) is 4. The van der Waals surface area contributed by atoms with Crippen LogP contribution in [-0.4, -0.2) is 27.6 Å². The molecule has 194 valence electrons. The van der Waals surface area contributed by atoms with Crippen molar-refractivity contribution in [2.24, 2.45) is 11.8 Å². The van der Waals surface area contributed by atoms with Crippen molar-refractivity contribution in [3.05, 3.63) is 76.4 Å². The zero-order valence-electron chi connectivity index (χ0n) is 21.3. The molecule has 3 N–H and O–H groups in total. The molecule has 2 atom stereocenters. The largest absolute Gasteiger partial charge is 0.497 e. The smallest absolute Gasteiger partial charge is 0.420 e. The molecule has 3 aromatic heterocycles. The highest BCUT2D eigenvalue weighted by Gasteiger charge is 2.43. The third-order valence-electron chi connectivity index (χ3n) is 7.08. The van der Waals surface area contributed by atoms with Gasteiger partial charge >= 0.3 is 5.76 Å². The van der Waals surface area contributed by atoms with Crippen LogP contribution in [0, 0.1) is 30.1 Å². The quantitative estimate of drug-likeness (QED) is 0.337. The second kappa shape index (κ2) is 9.29. The Bertz CT molecular complexity index is 1870. The number of carbonyl (C=O) groups is 1. The van der Waals surface area contributed by atoms with Gasteiger partial charge in [0.1, 0.15) is 17.4 Å². The van der Waals surface area contributed by atoms with Gasteiger partial charge in [0, 0.05) is 17.1 Å². The predicted octanol–water partition coefficient (Wildman–Crippen LogP) is 4.25. The van der Waals surface area contributed by atoms with Gasteiger partial charge in [-0.15, -0.1) is 0 Å². The number of ether oxygens (including phenoxy) is 1. The van der Waals surface area contributed by atoms with E-state index in [1.54, 1.807) is 30.0 Å². The van der Waals surface area contributed by atoms with Gasteiger partial charge < -0.3 is 20.2 Å². The topological polar surface area (TPSA) is 149 Å². The van der Waals surface area contributed by atoms with Crippen molar-refractivity contribution in [1.82, 2.24) is 14.5 Å². The minimum absolute atomic E-state index is 0.217. The molecular weight excluding hydrogens is 496 g/mol. The standard InChI is InChI=1S/C29H24N6O4/c1-15-7-24-25(39-29(37)35(24)14-16-3-5-19(38-2)6-4-16)11-20(15)23-9-17-10-26(32-13-22(17)27(31)33-23)34-28(36)21-8-18(21)12-30/h3-7,9-11,13,18,21H,8,14H2,1-2H3,(H2,31,33)(H,32,34,36). The highest BCUT2D eigenvalue weighted by molar-refractivity contribution is 5.99. The molecule has 1 fully saturated rings. The Balaban J connectivity index is 1.34.